The van der Waals surface area contributed by atoms with E-state index in [1.54, 1.807) is 0 Å². The maximum Gasteiger partial charge on any atom is 0.0470 e. The molecule has 7 rings (SSSR count). The molecule has 0 fully saturated rings. The first-order valence-electron chi connectivity index (χ1n) is 18.3. The first kappa shape index (κ1) is 33.9. The molecule has 1 heteroatoms. The fraction of sp³-hybridized carbons (Fsp3) is 0.306. The second-order valence-electron chi connectivity index (χ2n) is 18.1. The molecule has 0 bridgehead atoms. The Kier molecular flexibility index (Phi) is 7.94. The predicted octanol–water partition coefficient (Wildman–Crippen LogP) is 14.1. The van der Waals surface area contributed by atoms with E-state index in [1.165, 1.54) is 72.0 Å². The van der Waals surface area contributed by atoms with Gasteiger partial charge in [0, 0.05) is 22.4 Å². The topological polar surface area (TPSA) is 12.0 Å². The number of nitrogens with one attached hydrogen (secondary N) is 1. The summed E-state index contributed by atoms with van der Waals surface area (Å²) in [6, 6.07) is 43.7. The smallest absolute Gasteiger partial charge is 0.0470 e. The van der Waals surface area contributed by atoms with Crippen molar-refractivity contribution in [2.45, 2.75) is 97.8 Å². The van der Waals surface area contributed by atoms with E-state index >= 15 is 0 Å². The van der Waals surface area contributed by atoms with Gasteiger partial charge in [0.15, 0.2) is 0 Å². The lowest BCUT2D eigenvalue weighted by Crippen LogP contribution is -2.23. The van der Waals surface area contributed by atoms with Gasteiger partial charge in [0.05, 0.1) is 0 Å². The zero-order chi connectivity index (χ0) is 35.8. The average Bonchev–Trinajstić information content (AvgIpc) is 3.06. The van der Waals surface area contributed by atoms with Crippen LogP contribution in [0.1, 0.15) is 104 Å². The van der Waals surface area contributed by atoms with Crippen LogP contribution < -0.4 is 5.32 Å². The number of anilines is 2. The van der Waals surface area contributed by atoms with E-state index in [9.17, 15) is 0 Å². The van der Waals surface area contributed by atoms with Crippen molar-refractivity contribution in [1.82, 2.24) is 0 Å². The third-order valence-corrected chi connectivity index (χ3v) is 10.9. The number of hydrogen-bond acceptors (Lipinski definition) is 1. The summed E-state index contributed by atoms with van der Waals surface area (Å²) in [6.07, 6.45) is 0. The second-order valence-corrected chi connectivity index (χ2v) is 18.1. The molecule has 0 saturated heterocycles. The standard InChI is InChI=1S/C49H53N/c1-46(2,3)34-23-21-31(22-24-34)38-17-14-20-43(45(38)33-27-35(47(4,5)6)29-36(28-33)48(7,8)9)50-37-25-26-39-40-18-12-15-32-16-13-19-41(44(32)40)49(10,11)42(39)30-37/h12-30,50H,1-11H3. The van der Waals surface area contributed by atoms with Crippen molar-refractivity contribution in [2.75, 3.05) is 5.32 Å². The van der Waals surface area contributed by atoms with Crippen LogP contribution in [-0.4, -0.2) is 0 Å². The zero-order valence-corrected chi connectivity index (χ0v) is 32.0. The van der Waals surface area contributed by atoms with Crippen molar-refractivity contribution in [3.8, 4) is 33.4 Å². The summed E-state index contributed by atoms with van der Waals surface area (Å²) in [5.41, 5.74) is 16.6. The minimum absolute atomic E-state index is 0.0100. The summed E-state index contributed by atoms with van der Waals surface area (Å²) in [5, 5.41) is 6.66. The maximum absolute atomic E-state index is 3.97. The Morgan fingerprint density at radius 3 is 1.66 bits per heavy atom. The van der Waals surface area contributed by atoms with E-state index in [4.69, 9.17) is 0 Å². The fourth-order valence-electron chi connectivity index (χ4n) is 7.76. The Morgan fingerprint density at radius 2 is 1.04 bits per heavy atom. The summed E-state index contributed by atoms with van der Waals surface area (Å²) in [7, 11) is 0. The number of benzene rings is 6. The highest BCUT2D eigenvalue weighted by atomic mass is 14.9. The molecule has 254 valence electrons. The molecule has 1 aliphatic rings. The molecule has 1 N–H and O–H groups in total. The Balaban J connectivity index is 1.42. The van der Waals surface area contributed by atoms with E-state index in [1.807, 2.05) is 0 Å². The normalized spacial score (nSPS) is 14.1. The van der Waals surface area contributed by atoms with Gasteiger partial charge in [-0.1, -0.05) is 173 Å². The minimum Gasteiger partial charge on any atom is -0.355 e. The van der Waals surface area contributed by atoms with Gasteiger partial charge in [0.1, 0.15) is 0 Å². The van der Waals surface area contributed by atoms with Crippen molar-refractivity contribution in [2.24, 2.45) is 0 Å². The zero-order valence-electron chi connectivity index (χ0n) is 32.0. The third-order valence-electron chi connectivity index (χ3n) is 10.9. The van der Waals surface area contributed by atoms with Crippen molar-refractivity contribution in [3.05, 3.63) is 143 Å². The van der Waals surface area contributed by atoms with E-state index in [0.717, 1.165) is 11.4 Å². The van der Waals surface area contributed by atoms with Crippen molar-refractivity contribution >= 4 is 22.1 Å². The number of fused-ring (bicyclic) bond motifs is 2. The SMILES string of the molecule is CC(C)(C)c1ccc(-c2cccc(Nc3ccc4c(c3)C(C)(C)c3cccc5cccc-4c35)c2-c2cc(C(C)(C)C)cc(C(C)(C)C)c2)cc1. The van der Waals surface area contributed by atoms with E-state index in [-0.39, 0.29) is 21.7 Å². The van der Waals surface area contributed by atoms with Crippen LogP contribution in [0.4, 0.5) is 11.4 Å². The summed E-state index contributed by atoms with van der Waals surface area (Å²) < 4.78 is 0. The number of rotatable bonds is 4. The molecule has 0 saturated carbocycles. The van der Waals surface area contributed by atoms with Crippen molar-refractivity contribution in [3.63, 3.8) is 0 Å². The Hall–Kier alpha value is -4.62. The van der Waals surface area contributed by atoms with Crippen LogP contribution in [0.25, 0.3) is 44.2 Å². The van der Waals surface area contributed by atoms with Crippen LogP contribution in [0.5, 0.6) is 0 Å². The van der Waals surface area contributed by atoms with E-state index in [0.29, 0.717) is 0 Å². The lowest BCUT2D eigenvalue weighted by Gasteiger charge is -2.35. The molecule has 1 nitrogen and oxygen atoms in total. The number of hydrogen-bond donors (Lipinski definition) is 1. The van der Waals surface area contributed by atoms with Gasteiger partial charge < -0.3 is 5.32 Å². The largest absolute Gasteiger partial charge is 0.355 e. The van der Waals surface area contributed by atoms with Gasteiger partial charge in [-0.05, 0) is 101 Å². The lowest BCUT2D eigenvalue weighted by molar-refractivity contribution is 0.569. The van der Waals surface area contributed by atoms with Crippen LogP contribution in [0.15, 0.2) is 115 Å². The van der Waals surface area contributed by atoms with Crippen LogP contribution in [0, 0.1) is 0 Å². The molecule has 0 aromatic heterocycles. The van der Waals surface area contributed by atoms with E-state index < -0.39 is 0 Å². The van der Waals surface area contributed by atoms with Crippen molar-refractivity contribution < 1.29 is 0 Å². The molecule has 50 heavy (non-hydrogen) atoms. The predicted molar refractivity (Wildman–Crippen MR) is 218 cm³/mol. The van der Waals surface area contributed by atoms with Crippen LogP contribution in [-0.2, 0) is 21.7 Å². The van der Waals surface area contributed by atoms with Gasteiger partial charge in [-0.2, -0.15) is 0 Å². The highest BCUT2D eigenvalue weighted by Crippen LogP contribution is 2.50. The highest BCUT2D eigenvalue weighted by molar-refractivity contribution is 6.03. The fourth-order valence-corrected chi connectivity index (χ4v) is 7.76. The van der Waals surface area contributed by atoms with Gasteiger partial charge >= 0.3 is 0 Å². The highest BCUT2D eigenvalue weighted by Gasteiger charge is 2.33. The third kappa shape index (κ3) is 5.96. The summed E-state index contributed by atoms with van der Waals surface area (Å²) in [6.45, 7) is 25.5. The molecule has 0 aliphatic heterocycles. The molecule has 0 unspecified atom stereocenters. The minimum atomic E-state index is -0.136. The summed E-state index contributed by atoms with van der Waals surface area (Å²) in [5.74, 6) is 0. The summed E-state index contributed by atoms with van der Waals surface area (Å²) in [4.78, 5) is 0. The monoisotopic (exact) mass is 655 g/mol. The first-order chi connectivity index (χ1) is 23.4. The lowest BCUT2D eigenvalue weighted by atomic mass is 9.68. The molecular weight excluding hydrogens is 603 g/mol. The molecule has 1 aliphatic carbocycles. The van der Waals surface area contributed by atoms with Crippen LogP contribution in [0.3, 0.4) is 0 Å². The molecule has 0 radical (unpaired) electrons. The molecule has 6 aromatic rings. The Bertz CT molecular complexity index is 2200. The van der Waals surface area contributed by atoms with Crippen LogP contribution >= 0.6 is 0 Å². The molecule has 0 amide bonds. The Labute approximate surface area is 300 Å². The van der Waals surface area contributed by atoms with E-state index in [2.05, 4.69) is 197 Å². The molecule has 6 aromatic carbocycles. The quantitative estimate of drug-likeness (QED) is 0.199. The van der Waals surface area contributed by atoms with Gasteiger partial charge in [-0.3, -0.25) is 0 Å². The molecule has 0 spiro atoms. The molecule has 0 atom stereocenters. The van der Waals surface area contributed by atoms with Gasteiger partial charge in [0.2, 0.25) is 0 Å². The van der Waals surface area contributed by atoms with Crippen LogP contribution in [0.2, 0.25) is 0 Å². The average molecular weight is 656 g/mol. The molecular formula is C49H53N. The van der Waals surface area contributed by atoms with Crippen molar-refractivity contribution in [1.29, 1.82) is 0 Å². The summed E-state index contributed by atoms with van der Waals surface area (Å²) >= 11 is 0. The van der Waals surface area contributed by atoms with Gasteiger partial charge in [-0.25, -0.2) is 0 Å². The molecule has 0 heterocycles. The van der Waals surface area contributed by atoms with Gasteiger partial charge in [-0.15, -0.1) is 0 Å². The second kappa shape index (κ2) is 11.7. The first-order valence-corrected chi connectivity index (χ1v) is 18.3. The van der Waals surface area contributed by atoms with Gasteiger partial charge in [0.25, 0.3) is 0 Å². The Morgan fingerprint density at radius 1 is 0.460 bits per heavy atom. The maximum atomic E-state index is 3.97.